The van der Waals surface area contributed by atoms with Gasteiger partial charge in [-0.1, -0.05) is 42.5 Å². The molecule has 4 nitrogen and oxygen atoms in total. The van der Waals surface area contributed by atoms with Gasteiger partial charge in [0, 0.05) is 42.2 Å². The van der Waals surface area contributed by atoms with Crippen molar-refractivity contribution in [2.75, 3.05) is 30.3 Å². The van der Waals surface area contributed by atoms with Crippen LogP contribution in [-0.2, 0) is 11.3 Å². The van der Waals surface area contributed by atoms with Gasteiger partial charge in [0.2, 0.25) is 5.91 Å². The quantitative estimate of drug-likeness (QED) is 0.677. The van der Waals surface area contributed by atoms with E-state index < -0.39 is 0 Å². The number of thioether (sulfide) groups is 1. The van der Waals surface area contributed by atoms with Crippen LogP contribution in [0.3, 0.4) is 0 Å². The van der Waals surface area contributed by atoms with E-state index in [0.717, 1.165) is 31.1 Å². The molecule has 0 aliphatic carbocycles. The van der Waals surface area contributed by atoms with Crippen molar-refractivity contribution in [3.05, 3.63) is 84.2 Å². The standard InChI is InChI=1S/C23H23N3OS/c27-22(26-15-16-28-21-11-5-4-9-19(21)26)17-25-14-13-24-12-6-10-20(24)23(25)18-7-2-1-3-8-18/h1-12,23H,13-17H2. The summed E-state index contributed by atoms with van der Waals surface area (Å²) < 4.78 is 2.31. The third-order valence-corrected chi connectivity index (χ3v) is 6.66. The lowest BCUT2D eigenvalue weighted by Crippen LogP contribution is -2.47. The Bertz CT molecular complexity index is 984. The van der Waals surface area contributed by atoms with Crippen molar-refractivity contribution in [1.82, 2.24) is 9.47 Å². The number of carbonyl (C=O) groups is 1. The van der Waals surface area contributed by atoms with Crippen LogP contribution in [0.2, 0.25) is 0 Å². The summed E-state index contributed by atoms with van der Waals surface area (Å²) >= 11 is 1.83. The second kappa shape index (κ2) is 7.49. The van der Waals surface area contributed by atoms with Gasteiger partial charge < -0.3 is 9.47 Å². The predicted octanol–water partition coefficient (Wildman–Crippen LogP) is 4.03. The summed E-state index contributed by atoms with van der Waals surface area (Å²) in [5.41, 5.74) is 3.56. The summed E-state index contributed by atoms with van der Waals surface area (Å²) in [5, 5.41) is 0. The molecule has 0 N–H and O–H groups in total. The molecule has 2 aromatic carbocycles. The number of hydrogen-bond acceptors (Lipinski definition) is 3. The van der Waals surface area contributed by atoms with Crippen molar-refractivity contribution >= 4 is 23.4 Å². The van der Waals surface area contributed by atoms with E-state index in [4.69, 9.17) is 0 Å². The van der Waals surface area contributed by atoms with Crippen molar-refractivity contribution in [1.29, 1.82) is 0 Å². The zero-order chi connectivity index (χ0) is 18.9. The van der Waals surface area contributed by atoms with Crippen molar-refractivity contribution < 1.29 is 4.79 Å². The molecule has 0 saturated heterocycles. The maximum absolute atomic E-state index is 13.3. The lowest BCUT2D eigenvalue weighted by Gasteiger charge is -2.38. The number of anilines is 1. The first-order chi connectivity index (χ1) is 13.8. The van der Waals surface area contributed by atoms with E-state index in [1.165, 1.54) is 16.2 Å². The summed E-state index contributed by atoms with van der Waals surface area (Å²) in [4.78, 5) is 18.8. The van der Waals surface area contributed by atoms with Crippen molar-refractivity contribution in [3.63, 3.8) is 0 Å². The van der Waals surface area contributed by atoms with Gasteiger partial charge in [-0.2, -0.15) is 0 Å². The molecule has 2 aliphatic heterocycles. The van der Waals surface area contributed by atoms with Crippen LogP contribution in [0.25, 0.3) is 0 Å². The van der Waals surface area contributed by atoms with Crippen LogP contribution in [0.4, 0.5) is 5.69 Å². The van der Waals surface area contributed by atoms with Crippen LogP contribution in [-0.4, -0.2) is 40.8 Å². The van der Waals surface area contributed by atoms with Gasteiger partial charge in [0.1, 0.15) is 0 Å². The van der Waals surface area contributed by atoms with Gasteiger partial charge >= 0.3 is 0 Å². The van der Waals surface area contributed by atoms with Crippen LogP contribution in [0.15, 0.2) is 77.8 Å². The fourth-order valence-electron chi connectivity index (χ4n) is 4.31. The largest absolute Gasteiger partial charge is 0.348 e. The maximum Gasteiger partial charge on any atom is 0.241 e. The number of fused-ring (bicyclic) bond motifs is 2. The highest BCUT2D eigenvalue weighted by molar-refractivity contribution is 7.99. The lowest BCUT2D eigenvalue weighted by molar-refractivity contribution is -0.120. The second-order valence-electron chi connectivity index (χ2n) is 7.27. The Labute approximate surface area is 169 Å². The van der Waals surface area contributed by atoms with E-state index in [1.807, 2.05) is 34.9 Å². The molecule has 1 atom stereocenters. The molecule has 0 saturated carbocycles. The first-order valence-electron chi connectivity index (χ1n) is 9.77. The molecule has 1 unspecified atom stereocenters. The van der Waals surface area contributed by atoms with Gasteiger partial charge in [-0.25, -0.2) is 0 Å². The van der Waals surface area contributed by atoms with E-state index in [-0.39, 0.29) is 11.9 Å². The second-order valence-corrected chi connectivity index (χ2v) is 8.41. The summed E-state index contributed by atoms with van der Waals surface area (Å²) in [6.07, 6.45) is 2.14. The molecule has 0 fully saturated rings. The third kappa shape index (κ3) is 3.15. The Kier molecular flexibility index (Phi) is 4.71. The van der Waals surface area contributed by atoms with Gasteiger partial charge in [-0.3, -0.25) is 9.69 Å². The number of benzene rings is 2. The molecule has 1 aromatic heterocycles. The van der Waals surface area contributed by atoms with E-state index >= 15 is 0 Å². The molecule has 0 spiro atoms. The zero-order valence-corrected chi connectivity index (χ0v) is 16.5. The predicted molar refractivity (Wildman–Crippen MR) is 114 cm³/mol. The Hall–Kier alpha value is -2.50. The third-order valence-electron chi connectivity index (χ3n) is 5.62. The van der Waals surface area contributed by atoms with Gasteiger partial charge in [0.25, 0.3) is 0 Å². The molecular formula is C23H23N3OS. The van der Waals surface area contributed by atoms with E-state index in [2.05, 4.69) is 64.2 Å². The Morgan fingerprint density at radius 2 is 1.75 bits per heavy atom. The first-order valence-corrected chi connectivity index (χ1v) is 10.8. The topological polar surface area (TPSA) is 28.5 Å². The van der Waals surface area contributed by atoms with Gasteiger partial charge in [-0.05, 0) is 29.8 Å². The van der Waals surface area contributed by atoms with Crippen molar-refractivity contribution in [2.45, 2.75) is 17.5 Å². The van der Waals surface area contributed by atoms with Crippen LogP contribution in [0.1, 0.15) is 17.3 Å². The lowest BCUT2D eigenvalue weighted by atomic mass is 10.00. The Balaban J connectivity index is 1.44. The highest BCUT2D eigenvalue weighted by atomic mass is 32.2. The van der Waals surface area contributed by atoms with Crippen LogP contribution in [0.5, 0.6) is 0 Å². The fraction of sp³-hybridized carbons (Fsp3) is 0.261. The first kappa shape index (κ1) is 17.6. The molecule has 5 rings (SSSR count). The number of rotatable bonds is 3. The number of para-hydroxylation sites is 1. The molecule has 0 radical (unpaired) electrons. The summed E-state index contributed by atoms with van der Waals surface area (Å²) in [7, 11) is 0. The van der Waals surface area contributed by atoms with Crippen LogP contribution in [0, 0.1) is 0 Å². The summed E-state index contributed by atoms with van der Waals surface area (Å²) in [6.45, 7) is 3.01. The average Bonchev–Trinajstić information content (AvgIpc) is 3.22. The van der Waals surface area contributed by atoms with Gasteiger partial charge in [0.05, 0.1) is 18.3 Å². The van der Waals surface area contributed by atoms with E-state index in [1.54, 1.807) is 0 Å². The SMILES string of the molecule is O=C(CN1CCn2cccc2C1c1ccccc1)N1CCSc2ccccc21. The fourth-order valence-corrected chi connectivity index (χ4v) is 5.30. The zero-order valence-electron chi connectivity index (χ0n) is 15.7. The molecular weight excluding hydrogens is 366 g/mol. The molecule has 5 heteroatoms. The number of amides is 1. The number of nitrogens with zero attached hydrogens (tertiary/aromatic N) is 3. The summed E-state index contributed by atoms with van der Waals surface area (Å²) in [6, 6.07) is 23.2. The molecule has 3 heterocycles. The molecule has 3 aromatic rings. The van der Waals surface area contributed by atoms with E-state index in [0.29, 0.717) is 6.54 Å². The average molecular weight is 390 g/mol. The number of hydrogen-bond donors (Lipinski definition) is 0. The van der Waals surface area contributed by atoms with Crippen LogP contribution < -0.4 is 4.90 Å². The van der Waals surface area contributed by atoms with Crippen molar-refractivity contribution in [3.8, 4) is 0 Å². The molecule has 2 aliphatic rings. The monoisotopic (exact) mass is 389 g/mol. The minimum absolute atomic E-state index is 0.114. The molecule has 28 heavy (non-hydrogen) atoms. The highest BCUT2D eigenvalue weighted by Crippen LogP contribution is 2.36. The Morgan fingerprint density at radius 3 is 2.64 bits per heavy atom. The maximum atomic E-state index is 13.3. The van der Waals surface area contributed by atoms with Crippen molar-refractivity contribution in [2.24, 2.45) is 0 Å². The minimum atomic E-state index is 0.114. The summed E-state index contributed by atoms with van der Waals surface area (Å²) in [5.74, 6) is 1.14. The van der Waals surface area contributed by atoms with Crippen LogP contribution >= 0.6 is 11.8 Å². The van der Waals surface area contributed by atoms with Gasteiger partial charge in [0.15, 0.2) is 0 Å². The number of carbonyl (C=O) groups excluding carboxylic acids is 1. The molecule has 142 valence electrons. The molecule has 0 bridgehead atoms. The Morgan fingerprint density at radius 1 is 0.929 bits per heavy atom. The minimum Gasteiger partial charge on any atom is -0.348 e. The van der Waals surface area contributed by atoms with Gasteiger partial charge in [-0.15, -0.1) is 11.8 Å². The number of aromatic nitrogens is 1. The van der Waals surface area contributed by atoms with E-state index in [9.17, 15) is 4.79 Å². The molecule has 1 amide bonds. The highest BCUT2D eigenvalue weighted by Gasteiger charge is 2.32. The smallest absolute Gasteiger partial charge is 0.241 e. The normalized spacial score (nSPS) is 19.1.